The van der Waals surface area contributed by atoms with Crippen LogP contribution in [0.2, 0.25) is 0 Å². The Balaban J connectivity index is 3.46. The summed E-state index contributed by atoms with van der Waals surface area (Å²) in [6.45, 7) is 0. The third-order valence-electron chi connectivity index (χ3n) is 1.03. The minimum absolute atomic E-state index is 0.0405. The van der Waals surface area contributed by atoms with Crippen LogP contribution in [0.4, 0.5) is 17.3 Å². The Kier molecular flexibility index (Phi) is 1.22. The SMILES string of the molecule is Nc1nc(=O)[nH]c(N)c1N. The van der Waals surface area contributed by atoms with Crippen molar-refractivity contribution in [1.82, 2.24) is 9.97 Å². The van der Waals surface area contributed by atoms with Crippen LogP contribution in [0.1, 0.15) is 0 Å². The lowest BCUT2D eigenvalue weighted by Crippen LogP contribution is -2.17. The first-order valence-electron chi connectivity index (χ1n) is 2.52. The molecule has 0 aliphatic rings. The van der Waals surface area contributed by atoms with Crippen LogP contribution in [0.5, 0.6) is 0 Å². The number of anilines is 3. The van der Waals surface area contributed by atoms with E-state index in [1.165, 1.54) is 0 Å². The molecule has 1 heterocycles. The van der Waals surface area contributed by atoms with Gasteiger partial charge in [0.2, 0.25) is 0 Å². The molecule has 0 spiro atoms. The van der Waals surface area contributed by atoms with E-state index in [9.17, 15) is 4.79 Å². The molecule has 10 heavy (non-hydrogen) atoms. The molecule has 0 unspecified atom stereocenters. The van der Waals surface area contributed by atoms with Gasteiger partial charge in [-0.1, -0.05) is 0 Å². The number of rotatable bonds is 0. The molecule has 54 valence electrons. The minimum atomic E-state index is -0.593. The second kappa shape index (κ2) is 1.90. The maximum atomic E-state index is 10.5. The highest BCUT2D eigenvalue weighted by atomic mass is 16.1. The number of aromatic nitrogens is 2. The van der Waals surface area contributed by atoms with Gasteiger partial charge in [-0.2, -0.15) is 4.98 Å². The summed E-state index contributed by atoms with van der Waals surface area (Å²) in [6.07, 6.45) is 0. The highest BCUT2D eigenvalue weighted by molar-refractivity contribution is 5.69. The van der Waals surface area contributed by atoms with Crippen LogP contribution in [0.25, 0.3) is 0 Å². The molecule has 0 amide bonds. The molecule has 0 aromatic carbocycles. The smallest absolute Gasteiger partial charge is 0.348 e. The van der Waals surface area contributed by atoms with Gasteiger partial charge in [-0.25, -0.2) is 4.79 Å². The van der Waals surface area contributed by atoms with Crippen molar-refractivity contribution in [3.8, 4) is 0 Å². The van der Waals surface area contributed by atoms with E-state index >= 15 is 0 Å². The number of hydrogen-bond donors (Lipinski definition) is 4. The fourth-order valence-corrected chi connectivity index (χ4v) is 0.518. The predicted octanol–water partition coefficient (Wildman–Crippen LogP) is -1.48. The van der Waals surface area contributed by atoms with Crippen LogP contribution in [-0.4, -0.2) is 9.97 Å². The van der Waals surface area contributed by atoms with Crippen molar-refractivity contribution in [2.75, 3.05) is 17.2 Å². The summed E-state index contributed by atoms with van der Waals surface area (Å²) in [5.74, 6) is 0.0127. The van der Waals surface area contributed by atoms with Crippen molar-refractivity contribution in [2.45, 2.75) is 0 Å². The summed E-state index contributed by atoms with van der Waals surface area (Å²) in [5.41, 5.74) is 15.2. The fraction of sp³-hybridized carbons (Fsp3) is 0. The summed E-state index contributed by atoms with van der Waals surface area (Å²) in [6, 6.07) is 0. The average molecular weight is 141 g/mol. The van der Waals surface area contributed by atoms with E-state index in [0.717, 1.165) is 0 Å². The van der Waals surface area contributed by atoms with E-state index in [1.807, 2.05) is 0 Å². The average Bonchev–Trinajstić information content (AvgIpc) is 1.82. The molecule has 0 radical (unpaired) electrons. The molecule has 1 aromatic heterocycles. The first-order chi connectivity index (χ1) is 4.61. The van der Waals surface area contributed by atoms with Gasteiger partial charge in [0, 0.05) is 0 Å². The summed E-state index contributed by atoms with van der Waals surface area (Å²) in [4.78, 5) is 16.0. The fourth-order valence-electron chi connectivity index (χ4n) is 0.518. The maximum Gasteiger partial charge on any atom is 0.348 e. The first kappa shape index (κ1) is 6.40. The number of nitrogen functional groups attached to an aromatic ring is 3. The molecule has 0 bridgehead atoms. The summed E-state index contributed by atoms with van der Waals surface area (Å²) < 4.78 is 0. The molecular weight excluding hydrogens is 134 g/mol. The van der Waals surface area contributed by atoms with Crippen LogP contribution in [0, 0.1) is 0 Å². The third kappa shape index (κ3) is 0.859. The zero-order valence-corrected chi connectivity index (χ0v) is 5.09. The van der Waals surface area contributed by atoms with Crippen LogP contribution < -0.4 is 22.9 Å². The van der Waals surface area contributed by atoms with Crippen molar-refractivity contribution in [1.29, 1.82) is 0 Å². The molecule has 6 nitrogen and oxygen atoms in total. The van der Waals surface area contributed by atoms with Crippen LogP contribution in [-0.2, 0) is 0 Å². The quantitative estimate of drug-likeness (QED) is 0.350. The van der Waals surface area contributed by atoms with E-state index in [2.05, 4.69) is 9.97 Å². The normalized spacial score (nSPS) is 9.60. The predicted molar refractivity (Wildman–Crippen MR) is 38.1 cm³/mol. The van der Waals surface area contributed by atoms with Crippen LogP contribution >= 0.6 is 0 Å². The Bertz CT molecular complexity index is 277. The molecule has 7 N–H and O–H groups in total. The number of H-pyrrole nitrogens is 1. The van der Waals surface area contributed by atoms with Gasteiger partial charge >= 0.3 is 5.69 Å². The molecule has 1 aromatic rings. The van der Waals surface area contributed by atoms with E-state index < -0.39 is 5.69 Å². The van der Waals surface area contributed by atoms with Crippen molar-refractivity contribution in [3.05, 3.63) is 10.5 Å². The zero-order chi connectivity index (χ0) is 7.72. The van der Waals surface area contributed by atoms with Gasteiger partial charge in [0.15, 0.2) is 5.82 Å². The van der Waals surface area contributed by atoms with Crippen LogP contribution in [0.3, 0.4) is 0 Å². The molecule has 0 aliphatic heterocycles. The van der Waals surface area contributed by atoms with Crippen molar-refractivity contribution >= 4 is 17.3 Å². The molecule has 0 atom stereocenters. The van der Waals surface area contributed by atoms with E-state index in [-0.39, 0.29) is 17.3 Å². The Hall–Kier alpha value is -1.72. The van der Waals surface area contributed by atoms with E-state index in [4.69, 9.17) is 17.2 Å². The zero-order valence-electron chi connectivity index (χ0n) is 5.09. The number of hydrogen-bond acceptors (Lipinski definition) is 5. The lowest BCUT2D eigenvalue weighted by atomic mass is 10.4. The Morgan fingerprint density at radius 1 is 1.30 bits per heavy atom. The molecule has 0 saturated carbocycles. The third-order valence-corrected chi connectivity index (χ3v) is 1.03. The Morgan fingerprint density at radius 2 is 1.90 bits per heavy atom. The van der Waals surface area contributed by atoms with Gasteiger partial charge in [-0.15, -0.1) is 0 Å². The molecule has 6 heteroatoms. The number of nitrogens with one attached hydrogen (secondary N) is 1. The largest absolute Gasteiger partial charge is 0.393 e. The van der Waals surface area contributed by atoms with E-state index in [1.54, 1.807) is 0 Å². The van der Waals surface area contributed by atoms with Crippen LogP contribution in [0.15, 0.2) is 4.79 Å². The van der Waals surface area contributed by atoms with Crippen molar-refractivity contribution < 1.29 is 0 Å². The summed E-state index contributed by atoms with van der Waals surface area (Å²) in [5, 5.41) is 0. The number of nitrogens with zero attached hydrogens (tertiary/aromatic N) is 1. The maximum absolute atomic E-state index is 10.5. The Labute approximate surface area is 56.1 Å². The van der Waals surface area contributed by atoms with Gasteiger partial charge in [-0.05, 0) is 0 Å². The number of nitrogens with two attached hydrogens (primary N) is 3. The second-order valence-electron chi connectivity index (χ2n) is 1.75. The summed E-state index contributed by atoms with van der Waals surface area (Å²) in [7, 11) is 0. The van der Waals surface area contributed by atoms with Crippen molar-refractivity contribution in [3.63, 3.8) is 0 Å². The lowest BCUT2D eigenvalue weighted by Gasteiger charge is -1.99. The second-order valence-corrected chi connectivity index (χ2v) is 1.75. The van der Waals surface area contributed by atoms with Gasteiger partial charge in [-0.3, -0.25) is 4.98 Å². The molecule has 0 aliphatic carbocycles. The Morgan fingerprint density at radius 3 is 2.40 bits per heavy atom. The topological polar surface area (TPSA) is 124 Å². The van der Waals surface area contributed by atoms with Gasteiger partial charge in [0.05, 0.1) is 0 Å². The molecule has 0 saturated heterocycles. The molecular formula is C4H7N5O. The minimum Gasteiger partial charge on any atom is -0.393 e. The lowest BCUT2D eigenvalue weighted by molar-refractivity contribution is 1.10. The highest BCUT2D eigenvalue weighted by Gasteiger charge is 2.00. The van der Waals surface area contributed by atoms with Gasteiger partial charge < -0.3 is 17.2 Å². The van der Waals surface area contributed by atoms with Gasteiger partial charge in [0.25, 0.3) is 0 Å². The van der Waals surface area contributed by atoms with Gasteiger partial charge in [0.1, 0.15) is 11.5 Å². The summed E-state index contributed by atoms with van der Waals surface area (Å²) >= 11 is 0. The molecule has 0 fully saturated rings. The molecule has 1 rings (SSSR count). The number of aromatic amines is 1. The standard InChI is InChI=1S/C4H7N5O/c5-1-2(6)8-4(10)9-3(1)7/h5H2,(H5,6,7,8,9,10). The highest BCUT2D eigenvalue weighted by Crippen LogP contribution is 2.12. The first-order valence-corrected chi connectivity index (χ1v) is 2.52. The van der Waals surface area contributed by atoms with Crippen molar-refractivity contribution in [2.24, 2.45) is 0 Å². The monoisotopic (exact) mass is 141 g/mol. The van der Waals surface area contributed by atoms with E-state index in [0.29, 0.717) is 0 Å².